The number of nitriles is 1. The normalized spacial score (nSPS) is 17.5. The van der Waals surface area contributed by atoms with Gasteiger partial charge in [-0.05, 0) is 18.6 Å². The number of amides is 1. The van der Waals surface area contributed by atoms with Crippen molar-refractivity contribution in [2.75, 3.05) is 13.1 Å². The van der Waals surface area contributed by atoms with E-state index >= 15 is 0 Å². The van der Waals surface area contributed by atoms with Crippen molar-refractivity contribution in [1.29, 1.82) is 5.26 Å². The van der Waals surface area contributed by atoms with E-state index in [9.17, 15) is 4.79 Å². The first-order valence-electron chi connectivity index (χ1n) is 7.34. The van der Waals surface area contributed by atoms with Gasteiger partial charge in [-0.1, -0.05) is 12.1 Å². The molecule has 1 saturated heterocycles. The van der Waals surface area contributed by atoms with Gasteiger partial charge in [-0.3, -0.25) is 9.48 Å². The summed E-state index contributed by atoms with van der Waals surface area (Å²) in [5.41, 5.74) is 1.41. The second kappa shape index (κ2) is 5.48. The molecule has 0 bridgehead atoms. The molecular weight excluding hydrogens is 310 g/mol. The number of fused-ring (bicyclic) bond motifs is 1. The predicted octanol–water partition coefficient (Wildman–Crippen LogP) is 2.45. The van der Waals surface area contributed by atoms with Crippen LogP contribution >= 0.6 is 11.3 Å². The maximum atomic E-state index is 12.6. The Labute approximate surface area is 136 Å². The lowest BCUT2D eigenvalue weighted by atomic mass is 10.3. The van der Waals surface area contributed by atoms with Gasteiger partial charge in [-0.2, -0.15) is 10.4 Å². The highest BCUT2D eigenvalue weighted by molar-refractivity contribution is 7.20. The third-order valence-corrected chi connectivity index (χ3v) is 5.06. The monoisotopic (exact) mass is 323 g/mol. The summed E-state index contributed by atoms with van der Waals surface area (Å²) in [4.78, 5) is 18.9. The number of benzene rings is 1. The highest BCUT2D eigenvalue weighted by Gasteiger charge is 2.30. The minimum atomic E-state index is -0.0265. The molecule has 23 heavy (non-hydrogen) atoms. The number of likely N-dealkylation sites (tertiary alicyclic amines) is 1. The van der Waals surface area contributed by atoms with Crippen LogP contribution < -0.4 is 0 Å². The van der Waals surface area contributed by atoms with Gasteiger partial charge in [0.25, 0.3) is 5.91 Å². The summed E-state index contributed by atoms with van der Waals surface area (Å²) in [6.07, 6.45) is 4.12. The van der Waals surface area contributed by atoms with E-state index in [1.165, 1.54) is 11.3 Å². The van der Waals surface area contributed by atoms with Crippen LogP contribution in [0.2, 0.25) is 0 Å². The number of rotatable bonds is 2. The van der Waals surface area contributed by atoms with Crippen LogP contribution in [0.25, 0.3) is 10.2 Å². The molecule has 1 aliphatic heterocycles. The van der Waals surface area contributed by atoms with E-state index in [4.69, 9.17) is 5.26 Å². The summed E-state index contributed by atoms with van der Waals surface area (Å²) in [6.45, 7) is 1.28. The SMILES string of the molecule is N#Cc1cnn(C2CCN(C(=O)c3nc4ccccc4s3)C2)c1. The van der Waals surface area contributed by atoms with Gasteiger partial charge in [0.1, 0.15) is 6.07 Å². The predicted molar refractivity (Wildman–Crippen MR) is 86.1 cm³/mol. The van der Waals surface area contributed by atoms with Gasteiger partial charge < -0.3 is 4.90 Å². The molecule has 1 amide bonds. The lowest BCUT2D eigenvalue weighted by Gasteiger charge is -2.15. The molecular formula is C16H13N5OS. The van der Waals surface area contributed by atoms with E-state index in [0.29, 0.717) is 23.7 Å². The molecule has 1 atom stereocenters. The fourth-order valence-electron chi connectivity index (χ4n) is 2.84. The molecule has 114 valence electrons. The van der Waals surface area contributed by atoms with Crippen molar-refractivity contribution >= 4 is 27.5 Å². The summed E-state index contributed by atoms with van der Waals surface area (Å²) in [5, 5.41) is 13.6. The van der Waals surface area contributed by atoms with E-state index in [1.54, 1.807) is 17.1 Å². The summed E-state index contributed by atoms with van der Waals surface area (Å²) < 4.78 is 2.81. The van der Waals surface area contributed by atoms with Crippen molar-refractivity contribution in [3.63, 3.8) is 0 Å². The second-order valence-electron chi connectivity index (χ2n) is 5.50. The first-order valence-corrected chi connectivity index (χ1v) is 8.15. The highest BCUT2D eigenvalue weighted by atomic mass is 32.1. The smallest absolute Gasteiger partial charge is 0.282 e. The van der Waals surface area contributed by atoms with Gasteiger partial charge >= 0.3 is 0 Å². The molecule has 1 unspecified atom stereocenters. The van der Waals surface area contributed by atoms with Crippen molar-refractivity contribution in [2.45, 2.75) is 12.5 Å². The Balaban J connectivity index is 1.52. The van der Waals surface area contributed by atoms with Crippen LogP contribution in [-0.4, -0.2) is 38.7 Å². The number of hydrogen-bond acceptors (Lipinski definition) is 5. The Hall–Kier alpha value is -2.72. The number of carbonyl (C=O) groups excluding carboxylic acids is 1. The topological polar surface area (TPSA) is 74.8 Å². The van der Waals surface area contributed by atoms with Crippen LogP contribution in [0.4, 0.5) is 0 Å². The van der Waals surface area contributed by atoms with Crippen molar-refractivity contribution in [3.8, 4) is 6.07 Å². The van der Waals surface area contributed by atoms with E-state index in [1.807, 2.05) is 29.2 Å². The van der Waals surface area contributed by atoms with Gasteiger partial charge in [0.15, 0.2) is 5.01 Å². The molecule has 2 aromatic heterocycles. The Morgan fingerprint density at radius 2 is 2.26 bits per heavy atom. The summed E-state index contributed by atoms with van der Waals surface area (Å²) >= 11 is 1.43. The van der Waals surface area contributed by atoms with Crippen molar-refractivity contribution in [2.24, 2.45) is 0 Å². The molecule has 0 radical (unpaired) electrons. The molecule has 1 aromatic carbocycles. The summed E-state index contributed by atoms with van der Waals surface area (Å²) in [7, 11) is 0. The van der Waals surface area contributed by atoms with Gasteiger partial charge in [-0.25, -0.2) is 4.98 Å². The van der Waals surface area contributed by atoms with Crippen molar-refractivity contribution < 1.29 is 4.79 Å². The minimum absolute atomic E-state index is 0.0265. The third-order valence-electron chi connectivity index (χ3n) is 4.03. The van der Waals surface area contributed by atoms with Crippen molar-refractivity contribution in [1.82, 2.24) is 19.7 Å². The fourth-order valence-corrected chi connectivity index (χ4v) is 3.77. The number of carbonyl (C=O) groups is 1. The average molecular weight is 323 g/mol. The standard InChI is InChI=1S/C16H13N5OS/c17-7-11-8-18-21(9-11)12-5-6-20(10-12)16(22)15-19-13-3-1-2-4-14(13)23-15/h1-4,8-9,12H,5-6,10H2. The fraction of sp³-hybridized carbons (Fsp3) is 0.250. The van der Waals surface area contributed by atoms with Crippen LogP contribution in [0.3, 0.4) is 0 Å². The highest BCUT2D eigenvalue weighted by Crippen LogP contribution is 2.26. The Bertz CT molecular complexity index is 889. The second-order valence-corrected chi connectivity index (χ2v) is 6.53. The van der Waals surface area contributed by atoms with Crippen LogP contribution in [0.1, 0.15) is 27.8 Å². The van der Waals surface area contributed by atoms with Gasteiger partial charge in [0.2, 0.25) is 0 Å². The van der Waals surface area contributed by atoms with E-state index in [-0.39, 0.29) is 11.9 Å². The molecule has 6 nitrogen and oxygen atoms in total. The number of para-hydroxylation sites is 1. The molecule has 4 rings (SSSR count). The van der Waals surface area contributed by atoms with Crippen molar-refractivity contribution in [3.05, 3.63) is 47.2 Å². The Morgan fingerprint density at radius 1 is 1.39 bits per heavy atom. The zero-order valence-corrected chi connectivity index (χ0v) is 13.0. The quantitative estimate of drug-likeness (QED) is 0.726. The number of aromatic nitrogens is 3. The summed E-state index contributed by atoms with van der Waals surface area (Å²) in [6, 6.07) is 9.96. The van der Waals surface area contributed by atoms with Gasteiger partial charge in [0.05, 0.1) is 28.0 Å². The van der Waals surface area contributed by atoms with E-state index in [2.05, 4.69) is 16.2 Å². The zero-order valence-electron chi connectivity index (χ0n) is 12.2. The zero-order chi connectivity index (χ0) is 15.8. The maximum Gasteiger partial charge on any atom is 0.282 e. The average Bonchev–Trinajstić information content (AvgIpc) is 3.30. The molecule has 1 fully saturated rings. The van der Waals surface area contributed by atoms with E-state index < -0.39 is 0 Å². The molecule has 0 aliphatic carbocycles. The molecule has 3 aromatic rings. The minimum Gasteiger partial charge on any atom is -0.334 e. The van der Waals surface area contributed by atoms with Gasteiger partial charge in [0, 0.05) is 19.3 Å². The first-order chi connectivity index (χ1) is 11.2. The first kappa shape index (κ1) is 13.9. The molecule has 0 spiro atoms. The number of hydrogen-bond donors (Lipinski definition) is 0. The lowest BCUT2D eigenvalue weighted by molar-refractivity contribution is 0.0787. The van der Waals surface area contributed by atoms with E-state index in [0.717, 1.165) is 16.6 Å². The Morgan fingerprint density at radius 3 is 3.04 bits per heavy atom. The van der Waals surface area contributed by atoms with Crippen LogP contribution in [0.5, 0.6) is 0 Å². The van der Waals surface area contributed by atoms with Crippen LogP contribution in [-0.2, 0) is 0 Å². The molecule has 7 heteroatoms. The molecule has 1 aliphatic rings. The largest absolute Gasteiger partial charge is 0.334 e. The molecule has 3 heterocycles. The van der Waals surface area contributed by atoms with Crippen LogP contribution in [0, 0.1) is 11.3 Å². The lowest BCUT2D eigenvalue weighted by Crippen LogP contribution is -2.29. The van der Waals surface area contributed by atoms with Crippen LogP contribution in [0.15, 0.2) is 36.7 Å². The summed E-state index contributed by atoms with van der Waals surface area (Å²) in [5.74, 6) is -0.0265. The number of thiazole rings is 1. The maximum absolute atomic E-state index is 12.6. The van der Waals surface area contributed by atoms with Gasteiger partial charge in [-0.15, -0.1) is 11.3 Å². The third kappa shape index (κ3) is 2.47. The molecule has 0 saturated carbocycles. The Kier molecular flexibility index (Phi) is 3.32. The number of nitrogens with zero attached hydrogens (tertiary/aromatic N) is 5. The molecule has 0 N–H and O–H groups in total.